The molecule has 1 N–H and O–H groups in total. The summed E-state index contributed by atoms with van der Waals surface area (Å²) in [5, 5.41) is 10.7. The number of nitrogens with zero attached hydrogens (tertiary/aromatic N) is 2. The second-order valence-electron chi connectivity index (χ2n) is 6.37. The lowest BCUT2D eigenvalue weighted by atomic mass is 10.2. The molecule has 0 spiro atoms. The summed E-state index contributed by atoms with van der Waals surface area (Å²) in [6, 6.07) is 19.2. The van der Waals surface area contributed by atoms with E-state index in [0.717, 1.165) is 16.9 Å². The van der Waals surface area contributed by atoms with E-state index in [9.17, 15) is 4.79 Å². The Balaban J connectivity index is 1.24. The van der Waals surface area contributed by atoms with Crippen molar-refractivity contribution >= 4 is 22.9 Å². The predicted octanol–water partition coefficient (Wildman–Crippen LogP) is 4.95. The van der Waals surface area contributed by atoms with E-state index in [4.69, 9.17) is 9.26 Å². The van der Waals surface area contributed by atoms with Crippen LogP contribution in [-0.2, 0) is 17.8 Å². The summed E-state index contributed by atoms with van der Waals surface area (Å²) in [5.41, 5.74) is 2.74. The molecule has 0 fully saturated rings. The molecule has 0 aliphatic carbocycles. The number of aryl methyl sites for hydroxylation is 1. The average Bonchev–Trinajstić information content (AvgIpc) is 3.44. The van der Waals surface area contributed by atoms with Gasteiger partial charge >= 0.3 is 0 Å². The quantitative estimate of drug-likeness (QED) is 0.449. The first-order chi connectivity index (χ1) is 14.3. The molecule has 1 amide bonds. The largest absolute Gasteiger partial charge is 0.489 e. The zero-order chi connectivity index (χ0) is 19.9. The molecule has 0 aliphatic rings. The summed E-state index contributed by atoms with van der Waals surface area (Å²) < 4.78 is 11.0. The molecule has 29 heavy (non-hydrogen) atoms. The average molecular weight is 405 g/mol. The van der Waals surface area contributed by atoms with E-state index in [1.165, 1.54) is 0 Å². The Hall–Kier alpha value is -3.45. The van der Waals surface area contributed by atoms with Gasteiger partial charge in [0.25, 0.3) is 0 Å². The molecule has 2 heterocycles. The van der Waals surface area contributed by atoms with Crippen molar-refractivity contribution in [3.05, 3.63) is 82.9 Å². The number of nitrogens with one attached hydrogen (secondary N) is 1. The van der Waals surface area contributed by atoms with Crippen molar-refractivity contribution in [2.45, 2.75) is 19.4 Å². The molecule has 0 saturated carbocycles. The number of rotatable bonds is 8. The van der Waals surface area contributed by atoms with Crippen molar-refractivity contribution in [1.82, 2.24) is 10.1 Å². The lowest BCUT2D eigenvalue weighted by Gasteiger charge is -2.08. The number of carbonyl (C=O) groups is 1. The van der Waals surface area contributed by atoms with Gasteiger partial charge < -0.3 is 14.6 Å². The van der Waals surface area contributed by atoms with Crippen LogP contribution in [0.3, 0.4) is 0 Å². The first-order valence-corrected chi connectivity index (χ1v) is 10.1. The van der Waals surface area contributed by atoms with Crippen molar-refractivity contribution in [3.63, 3.8) is 0 Å². The second kappa shape index (κ2) is 9.16. The summed E-state index contributed by atoms with van der Waals surface area (Å²) >= 11 is 1.57. The van der Waals surface area contributed by atoms with Crippen LogP contribution in [0.1, 0.15) is 17.9 Å². The number of amides is 1. The molecular weight excluding hydrogens is 386 g/mol. The molecular formula is C22H19N3O3S. The Labute approximate surface area is 172 Å². The van der Waals surface area contributed by atoms with Crippen molar-refractivity contribution < 1.29 is 14.1 Å². The zero-order valence-electron chi connectivity index (χ0n) is 15.6. The third-order valence-corrected chi connectivity index (χ3v) is 4.88. The monoisotopic (exact) mass is 405 g/mol. The number of benzene rings is 2. The Bertz CT molecular complexity index is 1040. The van der Waals surface area contributed by atoms with Crippen LogP contribution in [0.4, 0.5) is 5.69 Å². The summed E-state index contributed by atoms with van der Waals surface area (Å²) in [6.07, 6.45) is 0.652. The number of anilines is 1. The summed E-state index contributed by atoms with van der Waals surface area (Å²) in [7, 11) is 0. The van der Waals surface area contributed by atoms with Crippen molar-refractivity contribution in [1.29, 1.82) is 0 Å². The van der Waals surface area contributed by atoms with Crippen LogP contribution in [0.5, 0.6) is 5.75 Å². The Morgan fingerprint density at radius 3 is 2.66 bits per heavy atom. The van der Waals surface area contributed by atoms with Crippen molar-refractivity contribution in [2.24, 2.45) is 0 Å². The molecule has 0 unspecified atom stereocenters. The molecule has 0 aliphatic heterocycles. The van der Waals surface area contributed by atoms with Gasteiger partial charge in [0.05, 0.1) is 0 Å². The standard InChI is InChI=1S/C22H19N3O3S/c26-20(10-11-21-24-22(25-28-21)17-12-13-29-15-17)23-18-6-8-19(9-7-18)27-14-16-4-2-1-3-5-16/h1-9,12-13,15H,10-11,14H2,(H,23,26). The lowest BCUT2D eigenvalue weighted by Crippen LogP contribution is -2.12. The van der Waals surface area contributed by atoms with E-state index in [1.807, 2.05) is 71.4 Å². The summed E-state index contributed by atoms with van der Waals surface area (Å²) in [5.74, 6) is 1.63. The zero-order valence-corrected chi connectivity index (χ0v) is 16.4. The molecule has 0 bridgehead atoms. The third-order valence-electron chi connectivity index (χ3n) is 4.20. The van der Waals surface area contributed by atoms with Gasteiger partial charge in [-0.05, 0) is 41.3 Å². The van der Waals surface area contributed by atoms with Crippen LogP contribution in [0.25, 0.3) is 11.4 Å². The van der Waals surface area contributed by atoms with E-state index in [-0.39, 0.29) is 12.3 Å². The van der Waals surface area contributed by atoms with Gasteiger partial charge in [0.1, 0.15) is 12.4 Å². The van der Waals surface area contributed by atoms with Gasteiger partial charge in [0, 0.05) is 29.5 Å². The number of hydrogen-bond acceptors (Lipinski definition) is 6. The van der Waals surface area contributed by atoms with Gasteiger partial charge in [-0.15, -0.1) is 0 Å². The maximum atomic E-state index is 12.2. The summed E-state index contributed by atoms with van der Waals surface area (Å²) in [4.78, 5) is 16.5. The van der Waals surface area contributed by atoms with Gasteiger partial charge in [-0.2, -0.15) is 16.3 Å². The van der Waals surface area contributed by atoms with Crippen molar-refractivity contribution in [2.75, 3.05) is 5.32 Å². The fourth-order valence-corrected chi connectivity index (χ4v) is 3.32. The molecule has 7 heteroatoms. The Morgan fingerprint density at radius 2 is 1.90 bits per heavy atom. The Kier molecular flexibility index (Phi) is 5.97. The van der Waals surface area contributed by atoms with Gasteiger partial charge in [-0.25, -0.2) is 0 Å². The molecule has 2 aromatic heterocycles. The summed E-state index contributed by atoms with van der Waals surface area (Å²) in [6.45, 7) is 0.504. The van der Waals surface area contributed by atoms with Crippen LogP contribution < -0.4 is 10.1 Å². The maximum Gasteiger partial charge on any atom is 0.227 e. The number of hydrogen-bond donors (Lipinski definition) is 1. The maximum absolute atomic E-state index is 12.2. The highest BCUT2D eigenvalue weighted by molar-refractivity contribution is 7.08. The van der Waals surface area contributed by atoms with Gasteiger partial charge in [0.2, 0.25) is 17.6 Å². The molecule has 6 nitrogen and oxygen atoms in total. The SMILES string of the molecule is O=C(CCc1nc(-c2ccsc2)no1)Nc1ccc(OCc2ccccc2)cc1. The van der Waals surface area contributed by atoms with Gasteiger partial charge in [-0.1, -0.05) is 35.5 Å². The van der Waals surface area contributed by atoms with E-state index in [0.29, 0.717) is 30.4 Å². The third kappa shape index (κ3) is 5.30. The minimum atomic E-state index is -0.113. The Morgan fingerprint density at radius 1 is 1.07 bits per heavy atom. The first kappa shape index (κ1) is 18.9. The highest BCUT2D eigenvalue weighted by Gasteiger charge is 2.11. The number of aromatic nitrogens is 2. The minimum Gasteiger partial charge on any atom is -0.489 e. The molecule has 0 saturated heterocycles. The molecule has 2 aromatic carbocycles. The van der Waals surface area contributed by atoms with Crippen molar-refractivity contribution in [3.8, 4) is 17.1 Å². The minimum absolute atomic E-state index is 0.113. The number of thiophene rings is 1. The molecule has 4 aromatic rings. The van der Waals surface area contributed by atoms with E-state index >= 15 is 0 Å². The fraction of sp³-hybridized carbons (Fsp3) is 0.136. The van der Waals surface area contributed by atoms with E-state index in [2.05, 4.69) is 15.5 Å². The van der Waals surface area contributed by atoms with Gasteiger partial charge in [0.15, 0.2) is 0 Å². The topological polar surface area (TPSA) is 77.2 Å². The molecule has 0 atom stereocenters. The van der Waals surface area contributed by atoms with Crippen LogP contribution >= 0.6 is 11.3 Å². The highest BCUT2D eigenvalue weighted by Crippen LogP contribution is 2.20. The predicted molar refractivity (Wildman–Crippen MR) is 112 cm³/mol. The number of carbonyl (C=O) groups excluding carboxylic acids is 1. The van der Waals surface area contributed by atoms with Crippen LogP contribution in [0, 0.1) is 0 Å². The fourth-order valence-electron chi connectivity index (χ4n) is 2.68. The van der Waals surface area contributed by atoms with Crippen LogP contribution in [0.2, 0.25) is 0 Å². The van der Waals surface area contributed by atoms with Crippen LogP contribution in [-0.4, -0.2) is 16.0 Å². The number of ether oxygens (including phenoxy) is 1. The highest BCUT2D eigenvalue weighted by atomic mass is 32.1. The van der Waals surface area contributed by atoms with Gasteiger partial charge in [-0.3, -0.25) is 4.79 Å². The molecule has 4 rings (SSSR count). The normalized spacial score (nSPS) is 10.6. The lowest BCUT2D eigenvalue weighted by molar-refractivity contribution is -0.116. The molecule has 0 radical (unpaired) electrons. The van der Waals surface area contributed by atoms with E-state index in [1.54, 1.807) is 11.3 Å². The second-order valence-corrected chi connectivity index (χ2v) is 7.15. The smallest absolute Gasteiger partial charge is 0.227 e. The van der Waals surface area contributed by atoms with E-state index < -0.39 is 0 Å². The van der Waals surface area contributed by atoms with Crippen LogP contribution in [0.15, 0.2) is 75.9 Å². The first-order valence-electron chi connectivity index (χ1n) is 9.18. The molecule has 146 valence electrons.